The average molecular weight is 228 g/mol. The van der Waals surface area contributed by atoms with E-state index in [1.54, 1.807) is 14.2 Å². The van der Waals surface area contributed by atoms with E-state index in [-0.39, 0.29) is 12.1 Å². The summed E-state index contributed by atoms with van der Waals surface area (Å²) in [4.78, 5) is 4.19. The molecule has 0 amide bonds. The monoisotopic (exact) mass is 228 g/mol. The molecule has 1 aromatic rings. The molecule has 0 saturated heterocycles. The first kappa shape index (κ1) is 13.1. The van der Waals surface area contributed by atoms with E-state index in [0.717, 1.165) is 5.82 Å². The second kappa shape index (κ2) is 5.93. The molecule has 1 aromatic heterocycles. The summed E-state index contributed by atoms with van der Waals surface area (Å²) in [5.41, 5.74) is 5.97. The Morgan fingerprint density at radius 1 is 1.38 bits per heavy atom. The Kier molecular flexibility index (Phi) is 4.85. The summed E-state index contributed by atoms with van der Waals surface area (Å²) in [5.74, 6) is 0.849. The van der Waals surface area contributed by atoms with Gasteiger partial charge in [-0.15, -0.1) is 0 Å². The Bertz CT molecular complexity index is 310. The van der Waals surface area contributed by atoms with Gasteiger partial charge in [-0.25, -0.2) is 9.67 Å². The SMILES string of the molecule is COC(OC)C(N)Cc1ncnn1C(C)C. The number of hydrogen-bond acceptors (Lipinski definition) is 5. The predicted octanol–water partition coefficient (Wildman–Crippen LogP) is 0.348. The van der Waals surface area contributed by atoms with E-state index in [2.05, 4.69) is 10.1 Å². The molecule has 6 nitrogen and oxygen atoms in total. The molecule has 0 aromatic carbocycles. The third kappa shape index (κ3) is 3.01. The molecule has 2 N–H and O–H groups in total. The van der Waals surface area contributed by atoms with E-state index in [0.29, 0.717) is 6.42 Å². The lowest BCUT2D eigenvalue weighted by atomic mass is 10.2. The van der Waals surface area contributed by atoms with Gasteiger partial charge in [0.05, 0.1) is 6.04 Å². The van der Waals surface area contributed by atoms with Gasteiger partial charge in [-0.2, -0.15) is 5.10 Å². The maximum absolute atomic E-state index is 5.97. The van der Waals surface area contributed by atoms with Crippen molar-refractivity contribution in [3.05, 3.63) is 12.2 Å². The normalized spacial score (nSPS) is 13.7. The fourth-order valence-electron chi connectivity index (χ4n) is 1.60. The lowest BCUT2D eigenvalue weighted by Crippen LogP contribution is -2.40. The smallest absolute Gasteiger partial charge is 0.172 e. The number of nitrogens with zero attached hydrogens (tertiary/aromatic N) is 3. The van der Waals surface area contributed by atoms with Gasteiger partial charge >= 0.3 is 0 Å². The molecule has 0 radical (unpaired) electrons. The van der Waals surface area contributed by atoms with Gasteiger partial charge in [0.25, 0.3) is 0 Å². The molecule has 92 valence electrons. The minimum Gasteiger partial charge on any atom is -0.354 e. The van der Waals surface area contributed by atoms with Crippen molar-refractivity contribution in [1.29, 1.82) is 0 Å². The highest BCUT2D eigenvalue weighted by Gasteiger charge is 2.20. The molecule has 0 bridgehead atoms. The van der Waals surface area contributed by atoms with Gasteiger partial charge < -0.3 is 15.2 Å². The highest BCUT2D eigenvalue weighted by atomic mass is 16.7. The van der Waals surface area contributed by atoms with Crippen LogP contribution in [0, 0.1) is 0 Å². The highest BCUT2D eigenvalue weighted by Crippen LogP contribution is 2.09. The van der Waals surface area contributed by atoms with Crippen LogP contribution >= 0.6 is 0 Å². The third-order valence-corrected chi connectivity index (χ3v) is 2.37. The van der Waals surface area contributed by atoms with Crippen LogP contribution in [0.4, 0.5) is 0 Å². The van der Waals surface area contributed by atoms with Crippen LogP contribution in [-0.2, 0) is 15.9 Å². The minimum absolute atomic E-state index is 0.253. The maximum atomic E-state index is 5.97. The van der Waals surface area contributed by atoms with Gasteiger partial charge in [-0.3, -0.25) is 0 Å². The van der Waals surface area contributed by atoms with Crippen molar-refractivity contribution in [1.82, 2.24) is 14.8 Å². The number of nitrogens with two attached hydrogens (primary N) is 1. The summed E-state index contributed by atoms with van der Waals surface area (Å²) < 4.78 is 12.1. The van der Waals surface area contributed by atoms with Gasteiger partial charge in [0.2, 0.25) is 0 Å². The quantitative estimate of drug-likeness (QED) is 0.711. The van der Waals surface area contributed by atoms with Crippen molar-refractivity contribution < 1.29 is 9.47 Å². The first-order valence-electron chi connectivity index (χ1n) is 5.29. The summed E-state index contributed by atoms with van der Waals surface area (Å²) in [7, 11) is 3.14. The third-order valence-electron chi connectivity index (χ3n) is 2.37. The lowest BCUT2D eigenvalue weighted by molar-refractivity contribution is -0.116. The molecular formula is C10H20N4O2. The van der Waals surface area contributed by atoms with Crippen LogP contribution in [0.15, 0.2) is 6.33 Å². The molecule has 1 atom stereocenters. The fourth-order valence-corrected chi connectivity index (χ4v) is 1.60. The van der Waals surface area contributed by atoms with Crippen molar-refractivity contribution in [2.75, 3.05) is 14.2 Å². The molecule has 0 spiro atoms. The van der Waals surface area contributed by atoms with E-state index < -0.39 is 6.29 Å². The zero-order chi connectivity index (χ0) is 12.1. The highest BCUT2D eigenvalue weighted by molar-refractivity contribution is 4.91. The van der Waals surface area contributed by atoms with Gasteiger partial charge in [0.15, 0.2) is 6.29 Å². The summed E-state index contributed by atoms with van der Waals surface area (Å²) in [6, 6.07) is 0.0185. The Hall–Kier alpha value is -0.980. The molecule has 16 heavy (non-hydrogen) atoms. The van der Waals surface area contributed by atoms with Crippen molar-refractivity contribution in [2.45, 2.75) is 38.6 Å². The van der Waals surface area contributed by atoms with E-state index >= 15 is 0 Å². The number of ether oxygens (including phenoxy) is 2. The van der Waals surface area contributed by atoms with Crippen LogP contribution < -0.4 is 5.73 Å². The van der Waals surface area contributed by atoms with Crippen molar-refractivity contribution in [3.63, 3.8) is 0 Å². The molecular weight excluding hydrogens is 208 g/mol. The van der Waals surface area contributed by atoms with Crippen LogP contribution in [0.25, 0.3) is 0 Å². The molecule has 0 aliphatic heterocycles. The summed E-state index contributed by atoms with van der Waals surface area (Å²) in [5, 5.41) is 4.15. The topological polar surface area (TPSA) is 75.2 Å². The zero-order valence-electron chi connectivity index (χ0n) is 10.3. The molecule has 0 aliphatic carbocycles. The maximum Gasteiger partial charge on any atom is 0.172 e. The molecule has 1 rings (SSSR count). The van der Waals surface area contributed by atoms with Crippen molar-refractivity contribution in [3.8, 4) is 0 Å². The second-order valence-corrected chi connectivity index (χ2v) is 3.92. The Balaban J connectivity index is 2.68. The summed E-state index contributed by atoms with van der Waals surface area (Å²) in [6.07, 6.45) is 1.69. The average Bonchev–Trinajstić information content (AvgIpc) is 2.67. The van der Waals surface area contributed by atoms with Crippen LogP contribution in [0.3, 0.4) is 0 Å². The van der Waals surface area contributed by atoms with Crippen molar-refractivity contribution in [2.24, 2.45) is 5.73 Å². The summed E-state index contributed by atoms with van der Waals surface area (Å²) in [6.45, 7) is 4.10. The van der Waals surface area contributed by atoms with E-state index in [4.69, 9.17) is 15.2 Å². The second-order valence-electron chi connectivity index (χ2n) is 3.92. The Morgan fingerprint density at radius 2 is 2.00 bits per heavy atom. The van der Waals surface area contributed by atoms with Crippen molar-refractivity contribution >= 4 is 0 Å². The van der Waals surface area contributed by atoms with Crippen LogP contribution in [0.5, 0.6) is 0 Å². The van der Waals surface area contributed by atoms with Gasteiger partial charge in [0, 0.05) is 26.7 Å². The molecule has 0 fully saturated rings. The molecule has 1 unspecified atom stereocenters. The standard InChI is InChI=1S/C10H20N4O2/c1-7(2)14-9(12-6-13-14)5-8(11)10(15-3)16-4/h6-8,10H,5,11H2,1-4H3. The zero-order valence-corrected chi connectivity index (χ0v) is 10.3. The van der Waals surface area contributed by atoms with Crippen LogP contribution in [0.2, 0.25) is 0 Å². The molecule has 0 saturated carbocycles. The molecule has 0 aliphatic rings. The Labute approximate surface area is 95.7 Å². The molecule has 6 heteroatoms. The van der Waals surface area contributed by atoms with Gasteiger partial charge in [0.1, 0.15) is 12.2 Å². The van der Waals surface area contributed by atoms with Gasteiger partial charge in [-0.05, 0) is 13.8 Å². The first-order valence-corrected chi connectivity index (χ1v) is 5.29. The predicted molar refractivity (Wildman–Crippen MR) is 59.9 cm³/mol. The number of rotatable bonds is 6. The number of hydrogen-bond donors (Lipinski definition) is 1. The van der Waals surface area contributed by atoms with E-state index in [9.17, 15) is 0 Å². The number of methoxy groups -OCH3 is 2. The summed E-state index contributed by atoms with van der Waals surface area (Å²) >= 11 is 0. The fraction of sp³-hybridized carbons (Fsp3) is 0.800. The van der Waals surface area contributed by atoms with E-state index in [1.165, 1.54) is 6.33 Å². The van der Waals surface area contributed by atoms with Gasteiger partial charge in [-0.1, -0.05) is 0 Å². The molecule has 1 heterocycles. The van der Waals surface area contributed by atoms with E-state index in [1.807, 2.05) is 18.5 Å². The van der Waals surface area contributed by atoms with Crippen LogP contribution in [-0.4, -0.2) is 41.3 Å². The number of aromatic nitrogens is 3. The largest absolute Gasteiger partial charge is 0.354 e. The van der Waals surface area contributed by atoms with Crippen LogP contribution in [0.1, 0.15) is 25.7 Å². The Morgan fingerprint density at radius 3 is 2.50 bits per heavy atom. The first-order chi connectivity index (χ1) is 7.60. The lowest BCUT2D eigenvalue weighted by Gasteiger charge is -2.21. The minimum atomic E-state index is -0.419.